The molecule has 0 fully saturated rings. The van der Waals surface area contributed by atoms with Gasteiger partial charge in [0.2, 0.25) is 0 Å². The average molecular weight is 175 g/mol. The number of hydrogen-bond acceptors (Lipinski definition) is 2. The van der Waals surface area contributed by atoms with E-state index in [0.29, 0.717) is 5.56 Å². The van der Waals surface area contributed by atoms with Crippen LogP contribution in [0.2, 0.25) is 0 Å². The molecule has 3 nitrogen and oxygen atoms in total. The summed E-state index contributed by atoms with van der Waals surface area (Å²) < 4.78 is 6.55. The van der Waals surface area contributed by atoms with Crippen molar-refractivity contribution in [3.05, 3.63) is 42.2 Å². The Labute approximate surface area is 75.6 Å². The normalized spacial score (nSPS) is 10.2. The summed E-state index contributed by atoms with van der Waals surface area (Å²) >= 11 is 0. The fourth-order valence-electron chi connectivity index (χ4n) is 1.28. The molecule has 0 N–H and O–H groups in total. The third-order valence-electron chi connectivity index (χ3n) is 1.95. The zero-order chi connectivity index (χ0) is 9.26. The molecule has 0 amide bonds. The monoisotopic (exact) mass is 175 g/mol. The summed E-state index contributed by atoms with van der Waals surface area (Å²) in [5, 5.41) is 0. The SMILES string of the molecule is COC(=O)c1ccn2cccc2c1. The maximum Gasteiger partial charge on any atom is 0.337 e. The number of esters is 1. The number of pyridine rings is 1. The molecule has 0 unspecified atom stereocenters. The Morgan fingerprint density at radius 2 is 2.23 bits per heavy atom. The van der Waals surface area contributed by atoms with Gasteiger partial charge in [-0.1, -0.05) is 0 Å². The van der Waals surface area contributed by atoms with E-state index in [1.165, 1.54) is 7.11 Å². The predicted octanol–water partition coefficient (Wildman–Crippen LogP) is 1.73. The van der Waals surface area contributed by atoms with Gasteiger partial charge in [-0.05, 0) is 24.3 Å². The molecule has 13 heavy (non-hydrogen) atoms. The Balaban J connectivity index is 2.54. The lowest BCUT2D eigenvalue weighted by Crippen LogP contribution is -2.01. The smallest absolute Gasteiger partial charge is 0.337 e. The number of aromatic nitrogens is 1. The molecule has 3 heteroatoms. The topological polar surface area (TPSA) is 30.7 Å². The molecule has 0 aromatic carbocycles. The van der Waals surface area contributed by atoms with E-state index >= 15 is 0 Å². The van der Waals surface area contributed by atoms with Crippen LogP contribution in [0.4, 0.5) is 0 Å². The molecule has 0 bridgehead atoms. The lowest BCUT2D eigenvalue weighted by Gasteiger charge is -1.99. The van der Waals surface area contributed by atoms with Crippen LogP contribution in [0.15, 0.2) is 36.7 Å². The van der Waals surface area contributed by atoms with Gasteiger partial charge in [-0.15, -0.1) is 0 Å². The van der Waals surface area contributed by atoms with Crippen molar-refractivity contribution in [1.29, 1.82) is 0 Å². The minimum atomic E-state index is -0.302. The molecule has 0 aliphatic carbocycles. The van der Waals surface area contributed by atoms with Crippen molar-refractivity contribution >= 4 is 11.5 Å². The van der Waals surface area contributed by atoms with Crippen LogP contribution in [0.5, 0.6) is 0 Å². The van der Waals surface area contributed by atoms with Gasteiger partial charge >= 0.3 is 5.97 Å². The lowest BCUT2D eigenvalue weighted by atomic mass is 10.2. The van der Waals surface area contributed by atoms with E-state index in [1.807, 2.05) is 28.9 Å². The standard InChI is InChI=1S/C10H9NO2/c1-13-10(12)8-4-6-11-5-2-3-9(11)7-8/h2-7H,1H3. The second kappa shape index (κ2) is 2.94. The molecular weight excluding hydrogens is 166 g/mol. The molecule has 2 aromatic rings. The zero-order valence-corrected chi connectivity index (χ0v) is 7.23. The third-order valence-corrected chi connectivity index (χ3v) is 1.95. The van der Waals surface area contributed by atoms with Crippen molar-refractivity contribution in [3.63, 3.8) is 0 Å². The van der Waals surface area contributed by atoms with Crippen LogP contribution in [-0.4, -0.2) is 17.5 Å². The molecular formula is C10H9NO2. The van der Waals surface area contributed by atoms with E-state index in [9.17, 15) is 4.79 Å². The zero-order valence-electron chi connectivity index (χ0n) is 7.23. The van der Waals surface area contributed by atoms with Gasteiger partial charge in [-0.3, -0.25) is 0 Å². The predicted molar refractivity (Wildman–Crippen MR) is 48.7 cm³/mol. The van der Waals surface area contributed by atoms with Gasteiger partial charge in [0.15, 0.2) is 0 Å². The fourth-order valence-corrected chi connectivity index (χ4v) is 1.28. The summed E-state index contributed by atoms with van der Waals surface area (Å²) in [5.41, 5.74) is 1.57. The van der Waals surface area contributed by atoms with Gasteiger partial charge in [0.25, 0.3) is 0 Å². The molecule has 0 spiro atoms. The van der Waals surface area contributed by atoms with Crippen LogP contribution in [-0.2, 0) is 4.74 Å². The molecule has 0 atom stereocenters. The average Bonchev–Trinajstić information content (AvgIpc) is 2.63. The van der Waals surface area contributed by atoms with E-state index in [0.717, 1.165) is 5.52 Å². The quantitative estimate of drug-likeness (QED) is 0.618. The molecule has 0 radical (unpaired) electrons. The highest BCUT2D eigenvalue weighted by atomic mass is 16.5. The summed E-state index contributed by atoms with van der Waals surface area (Å²) in [7, 11) is 1.38. The first-order chi connectivity index (χ1) is 6.31. The van der Waals surface area contributed by atoms with Gasteiger partial charge in [0, 0.05) is 17.9 Å². The minimum absolute atomic E-state index is 0.302. The highest BCUT2D eigenvalue weighted by Crippen LogP contribution is 2.08. The molecule has 2 rings (SSSR count). The first-order valence-electron chi connectivity index (χ1n) is 3.96. The Bertz CT molecular complexity index is 445. The van der Waals surface area contributed by atoms with E-state index in [-0.39, 0.29) is 5.97 Å². The summed E-state index contributed by atoms with van der Waals surface area (Å²) in [6, 6.07) is 7.40. The summed E-state index contributed by atoms with van der Waals surface area (Å²) in [4.78, 5) is 11.1. The van der Waals surface area contributed by atoms with Crippen molar-refractivity contribution in [2.45, 2.75) is 0 Å². The Morgan fingerprint density at radius 3 is 3.00 bits per heavy atom. The van der Waals surface area contributed by atoms with Gasteiger partial charge in [-0.25, -0.2) is 4.79 Å². The number of ether oxygens (including phenoxy) is 1. The van der Waals surface area contributed by atoms with Crippen molar-refractivity contribution in [3.8, 4) is 0 Å². The summed E-state index contributed by atoms with van der Waals surface area (Å²) in [5.74, 6) is -0.302. The molecule has 0 aliphatic rings. The van der Waals surface area contributed by atoms with Crippen LogP contribution in [0.1, 0.15) is 10.4 Å². The van der Waals surface area contributed by atoms with Gasteiger partial charge in [0.1, 0.15) is 0 Å². The maximum absolute atomic E-state index is 11.1. The minimum Gasteiger partial charge on any atom is -0.465 e. The third kappa shape index (κ3) is 1.28. The van der Waals surface area contributed by atoms with Gasteiger partial charge in [-0.2, -0.15) is 0 Å². The van der Waals surface area contributed by atoms with Crippen LogP contribution in [0.25, 0.3) is 5.52 Å². The van der Waals surface area contributed by atoms with E-state index in [1.54, 1.807) is 12.1 Å². The van der Waals surface area contributed by atoms with Crippen molar-refractivity contribution < 1.29 is 9.53 Å². The highest BCUT2D eigenvalue weighted by Gasteiger charge is 2.04. The molecule has 0 aliphatic heterocycles. The highest BCUT2D eigenvalue weighted by molar-refractivity contribution is 5.90. The van der Waals surface area contributed by atoms with Crippen LogP contribution in [0, 0.1) is 0 Å². The number of fused-ring (bicyclic) bond motifs is 1. The van der Waals surface area contributed by atoms with Crippen LogP contribution < -0.4 is 0 Å². The first kappa shape index (κ1) is 7.86. The van der Waals surface area contributed by atoms with Crippen molar-refractivity contribution in [1.82, 2.24) is 4.40 Å². The summed E-state index contributed by atoms with van der Waals surface area (Å²) in [6.45, 7) is 0. The number of hydrogen-bond donors (Lipinski definition) is 0. The van der Waals surface area contributed by atoms with Crippen LogP contribution in [0.3, 0.4) is 0 Å². The van der Waals surface area contributed by atoms with E-state index in [2.05, 4.69) is 4.74 Å². The van der Waals surface area contributed by atoms with Crippen LogP contribution >= 0.6 is 0 Å². The second-order valence-corrected chi connectivity index (χ2v) is 2.75. The van der Waals surface area contributed by atoms with E-state index in [4.69, 9.17) is 0 Å². The lowest BCUT2D eigenvalue weighted by molar-refractivity contribution is 0.0601. The molecule has 66 valence electrons. The summed E-state index contributed by atoms with van der Waals surface area (Å²) in [6.07, 6.45) is 3.76. The maximum atomic E-state index is 11.1. The molecule has 0 saturated heterocycles. The fraction of sp³-hybridized carbons (Fsp3) is 0.100. The largest absolute Gasteiger partial charge is 0.465 e. The van der Waals surface area contributed by atoms with Gasteiger partial charge < -0.3 is 9.14 Å². The first-order valence-corrected chi connectivity index (χ1v) is 3.96. The van der Waals surface area contributed by atoms with E-state index < -0.39 is 0 Å². The molecule has 2 heterocycles. The van der Waals surface area contributed by atoms with Crippen molar-refractivity contribution in [2.75, 3.05) is 7.11 Å². The molecule has 2 aromatic heterocycles. The number of carbonyl (C=O) groups is 1. The number of methoxy groups -OCH3 is 1. The molecule has 0 saturated carbocycles. The Kier molecular flexibility index (Phi) is 1.77. The van der Waals surface area contributed by atoms with Gasteiger partial charge in [0.05, 0.1) is 12.7 Å². The Morgan fingerprint density at radius 1 is 1.38 bits per heavy atom. The second-order valence-electron chi connectivity index (χ2n) is 2.75. The van der Waals surface area contributed by atoms with Crippen molar-refractivity contribution in [2.24, 2.45) is 0 Å². The number of rotatable bonds is 1. The number of nitrogens with zero attached hydrogens (tertiary/aromatic N) is 1. The number of carbonyl (C=O) groups excluding carboxylic acids is 1. The Hall–Kier alpha value is -1.77.